The molecule has 0 saturated carbocycles. The minimum absolute atomic E-state index is 0.0172. The normalized spacial score (nSPS) is 10.9. The Bertz CT molecular complexity index is 364. The molecule has 16 heavy (non-hydrogen) atoms. The van der Waals surface area contributed by atoms with Gasteiger partial charge in [0.2, 0.25) is 0 Å². The number of hydrogen-bond acceptors (Lipinski definition) is 2. The van der Waals surface area contributed by atoms with Gasteiger partial charge < -0.3 is 10.6 Å². The average molecular weight is 228 g/mol. The third-order valence-electron chi connectivity index (χ3n) is 2.47. The molecule has 0 fully saturated rings. The van der Waals surface area contributed by atoms with Gasteiger partial charge in [0.05, 0.1) is 11.4 Å². The van der Waals surface area contributed by atoms with Crippen molar-refractivity contribution in [1.29, 1.82) is 0 Å². The lowest BCUT2D eigenvalue weighted by molar-refractivity contribution is 0.581. The van der Waals surface area contributed by atoms with E-state index in [1.165, 1.54) is 6.07 Å². The predicted octanol–water partition coefficient (Wildman–Crippen LogP) is 3.17. The minimum atomic E-state index is -0.697. The lowest BCUT2D eigenvalue weighted by Crippen LogP contribution is -2.32. The fourth-order valence-electron chi connectivity index (χ4n) is 1.71. The lowest BCUT2D eigenvalue weighted by Gasteiger charge is -2.29. The molecule has 0 spiro atoms. The van der Waals surface area contributed by atoms with Crippen molar-refractivity contribution in [2.24, 2.45) is 0 Å². The van der Waals surface area contributed by atoms with Crippen LogP contribution in [0.4, 0.5) is 20.2 Å². The van der Waals surface area contributed by atoms with Gasteiger partial charge in [-0.15, -0.1) is 0 Å². The van der Waals surface area contributed by atoms with Crippen LogP contribution in [-0.4, -0.2) is 12.6 Å². The number of benzene rings is 1. The van der Waals surface area contributed by atoms with Crippen LogP contribution in [0.25, 0.3) is 0 Å². The Labute approximate surface area is 95.1 Å². The number of anilines is 2. The quantitative estimate of drug-likeness (QED) is 0.802. The topological polar surface area (TPSA) is 29.3 Å². The summed E-state index contributed by atoms with van der Waals surface area (Å²) in [7, 11) is 0. The molecule has 1 rings (SSSR count). The Hall–Kier alpha value is -1.32. The molecule has 90 valence electrons. The van der Waals surface area contributed by atoms with Crippen molar-refractivity contribution in [3.63, 3.8) is 0 Å². The monoisotopic (exact) mass is 228 g/mol. The van der Waals surface area contributed by atoms with Gasteiger partial charge in [-0.2, -0.15) is 0 Å². The van der Waals surface area contributed by atoms with Crippen LogP contribution in [0.1, 0.15) is 27.2 Å². The van der Waals surface area contributed by atoms with E-state index in [2.05, 4.69) is 0 Å². The molecule has 0 saturated heterocycles. The summed E-state index contributed by atoms with van der Waals surface area (Å²) < 4.78 is 26.5. The largest absolute Gasteiger partial charge is 0.395 e. The van der Waals surface area contributed by atoms with Crippen LogP contribution in [0.3, 0.4) is 0 Å². The molecule has 0 aliphatic carbocycles. The maximum Gasteiger partial charge on any atom is 0.151 e. The SMILES string of the molecule is CCCN(c1cc(F)cc(F)c1N)C(C)C. The molecule has 0 aliphatic rings. The van der Waals surface area contributed by atoms with Crippen LogP contribution in [0.15, 0.2) is 12.1 Å². The zero-order valence-corrected chi connectivity index (χ0v) is 9.93. The van der Waals surface area contributed by atoms with Gasteiger partial charge in [-0.05, 0) is 26.3 Å². The fraction of sp³-hybridized carbons (Fsp3) is 0.500. The van der Waals surface area contributed by atoms with Crippen LogP contribution < -0.4 is 10.6 Å². The molecule has 2 nitrogen and oxygen atoms in total. The summed E-state index contributed by atoms with van der Waals surface area (Å²) in [5.41, 5.74) is 6.09. The predicted molar refractivity (Wildman–Crippen MR) is 63.5 cm³/mol. The maximum absolute atomic E-state index is 13.3. The molecule has 0 amide bonds. The average Bonchev–Trinajstić information content (AvgIpc) is 2.20. The number of nitrogen functional groups attached to an aromatic ring is 1. The van der Waals surface area contributed by atoms with E-state index in [4.69, 9.17) is 5.73 Å². The van der Waals surface area contributed by atoms with Crippen molar-refractivity contribution >= 4 is 11.4 Å². The Balaban J connectivity index is 3.17. The van der Waals surface area contributed by atoms with Gasteiger partial charge in [0.15, 0.2) is 5.82 Å². The Morgan fingerprint density at radius 3 is 2.44 bits per heavy atom. The van der Waals surface area contributed by atoms with E-state index in [0.29, 0.717) is 5.69 Å². The first kappa shape index (κ1) is 12.7. The molecule has 0 unspecified atom stereocenters. The van der Waals surface area contributed by atoms with E-state index in [1.807, 2.05) is 25.7 Å². The highest BCUT2D eigenvalue weighted by molar-refractivity contribution is 5.68. The number of nitrogens with two attached hydrogens (primary N) is 1. The lowest BCUT2D eigenvalue weighted by atomic mass is 10.2. The third-order valence-corrected chi connectivity index (χ3v) is 2.47. The molecule has 0 bridgehead atoms. The maximum atomic E-state index is 13.3. The van der Waals surface area contributed by atoms with E-state index in [9.17, 15) is 8.78 Å². The Kier molecular flexibility index (Phi) is 4.10. The van der Waals surface area contributed by atoms with Gasteiger partial charge in [-0.1, -0.05) is 6.92 Å². The zero-order valence-electron chi connectivity index (χ0n) is 9.93. The minimum Gasteiger partial charge on any atom is -0.395 e. The summed E-state index contributed by atoms with van der Waals surface area (Å²) in [6.45, 7) is 6.68. The first-order valence-corrected chi connectivity index (χ1v) is 5.48. The molecule has 0 heterocycles. The van der Waals surface area contributed by atoms with Gasteiger partial charge in [-0.3, -0.25) is 0 Å². The van der Waals surface area contributed by atoms with E-state index in [-0.39, 0.29) is 11.7 Å². The van der Waals surface area contributed by atoms with E-state index >= 15 is 0 Å². The molecule has 0 aromatic heterocycles. The number of rotatable bonds is 4. The molecule has 0 aliphatic heterocycles. The molecule has 0 radical (unpaired) electrons. The van der Waals surface area contributed by atoms with Crippen molar-refractivity contribution in [2.75, 3.05) is 17.2 Å². The molecule has 1 aromatic rings. The Morgan fingerprint density at radius 1 is 1.31 bits per heavy atom. The summed E-state index contributed by atoms with van der Waals surface area (Å²) >= 11 is 0. The van der Waals surface area contributed by atoms with Crippen molar-refractivity contribution in [3.05, 3.63) is 23.8 Å². The number of nitrogens with zero attached hydrogens (tertiary/aromatic N) is 1. The fourth-order valence-corrected chi connectivity index (χ4v) is 1.71. The van der Waals surface area contributed by atoms with E-state index in [1.54, 1.807) is 0 Å². The van der Waals surface area contributed by atoms with Crippen LogP contribution in [0.2, 0.25) is 0 Å². The Morgan fingerprint density at radius 2 is 1.94 bits per heavy atom. The number of halogens is 2. The third kappa shape index (κ3) is 2.62. The van der Waals surface area contributed by atoms with Crippen molar-refractivity contribution in [2.45, 2.75) is 33.2 Å². The van der Waals surface area contributed by atoms with Crippen LogP contribution in [-0.2, 0) is 0 Å². The second-order valence-electron chi connectivity index (χ2n) is 4.11. The summed E-state index contributed by atoms with van der Waals surface area (Å²) in [5.74, 6) is -1.29. The summed E-state index contributed by atoms with van der Waals surface area (Å²) in [5, 5.41) is 0. The van der Waals surface area contributed by atoms with Crippen molar-refractivity contribution in [3.8, 4) is 0 Å². The molecule has 1 aromatic carbocycles. The molecule has 0 atom stereocenters. The summed E-state index contributed by atoms with van der Waals surface area (Å²) in [6, 6.07) is 2.25. The van der Waals surface area contributed by atoms with Gasteiger partial charge in [0, 0.05) is 18.7 Å². The van der Waals surface area contributed by atoms with Crippen LogP contribution in [0.5, 0.6) is 0 Å². The summed E-state index contributed by atoms with van der Waals surface area (Å²) in [4.78, 5) is 1.90. The second kappa shape index (κ2) is 5.14. The molecule has 2 N–H and O–H groups in total. The highest BCUT2D eigenvalue weighted by Gasteiger charge is 2.16. The second-order valence-corrected chi connectivity index (χ2v) is 4.11. The first-order valence-electron chi connectivity index (χ1n) is 5.48. The molecular weight excluding hydrogens is 210 g/mol. The zero-order chi connectivity index (χ0) is 12.3. The van der Waals surface area contributed by atoms with Crippen LogP contribution in [0, 0.1) is 11.6 Å². The first-order chi connectivity index (χ1) is 7.47. The van der Waals surface area contributed by atoms with Gasteiger partial charge in [0.1, 0.15) is 5.82 Å². The number of hydrogen-bond donors (Lipinski definition) is 1. The van der Waals surface area contributed by atoms with Crippen molar-refractivity contribution in [1.82, 2.24) is 0 Å². The van der Waals surface area contributed by atoms with Gasteiger partial charge >= 0.3 is 0 Å². The smallest absolute Gasteiger partial charge is 0.151 e. The van der Waals surface area contributed by atoms with E-state index < -0.39 is 11.6 Å². The van der Waals surface area contributed by atoms with Gasteiger partial charge in [0.25, 0.3) is 0 Å². The highest BCUT2D eigenvalue weighted by Crippen LogP contribution is 2.28. The molecular formula is C12H18F2N2. The highest BCUT2D eigenvalue weighted by atomic mass is 19.1. The van der Waals surface area contributed by atoms with Crippen molar-refractivity contribution < 1.29 is 8.78 Å². The summed E-state index contributed by atoms with van der Waals surface area (Å²) in [6.07, 6.45) is 0.899. The van der Waals surface area contributed by atoms with Crippen LogP contribution >= 0.6 is 0 Å². The van der Waals surface area contributed by atoms with Gasteiger partial charge in [-0.25, -0.2) is 8.78 Å². The molecule has 4 heteroatoms. The van der Waals surface area contributed by atoms with E-state index in [0.717, 1.165) is 19.0 Å². The standard InChI is InChI=1S/C12H18F2N2/c1-4-5-16(8(2)3)11-7-9(13)6-10(14)12(11)15/h6-8H,4-5,15H2,1-3H3.